The van der Waals surface area contributed by atoms with Crippen molar-refractivity contribution in [3.05, 3.63) is 65.5 Å². The van der Waals surface area contributed by atoms with Crippen molar-refractivity contribution in [2.75, 3.05) is 0 Å². The summed E-state index contributed by atoms with van der Waals surface area (Å²) in [6.07, 6.45) is 0. The normalized spacial score (nSPS) is 13.2. The van der Waals surface area contributed by atoms with E-state index in [1.165, 1.54) is 18.2 Å². The molecule has 0 radical (unpaired) electrons. The van der Waals surface area contributed by atoms with Crippen LogP contribution in [0.3, 0.4) is 0 Å². The van der Waals surface area contributed by atoms with Gasteiger partial charge in [-0.25, -0.2) is 17.5 Å². The molecule has 5 heteroatoms. The SMILES string of the molecule is Cc1cccc([C@H](C)NS(=O)(=O)c2ccccc2F)c1. The molecule has 0 saturated heterocycles. The van der Waals surface area contributed by atoms with E-state index in [1.807, 2.05) is 31.2 Å². The number of rotatable bonds is 4. The van der Waals surface area contributed by atoms with Crippen LogP contribution in [-0.4, -0.2) is 8.42 Å². The molecule has 0 bridgehead atoms. The van der Waals surface area contributed by atoms with Gasteiger partial charge in [0, 0.05) is 6.04 Å². The Hall–Kier alpha value is -1.72. The molecule has 0 fully saturated rings. The van der Waals surface area contributed by atoms with Gasteiger partial charge in [-0.1, -0.05) is 42.0 Å². The number of aryl methyl sites for hydroxylation is 1. The van der Waals surface area contributed by atoms with E-state index in [9.17, 15) is 12.8 Å². The number of halogens is 1. The molecule has 0 saturated carbocycles. The average Bonchev–Trinajstić information content (AvgIpc) is 2.38. The highest BCUT2D eigenvalue weighted by molar-refractivity contribution is 7.89. The summed E-state index contributed by atoms with van der Waals surface area (Å²) < 4.78 is 40.4. The van der Waals surface area contributed by atoms with Crippen molar-refractivity contribution in [3.8, 4) is 0 Å². The third kappa shape index (κ3) is 3.23. The van der Waals surface area contributed by atoms with Gasteiger partial charge in [0.2, 0.25) is 10.0 Å². The average molecular weight is 293 g/mol. The molecule has 0 aliphatic carbocycles. The molecule has 106 valence electrons. The highest BCUT2D eigenvalue weighted by atomic mass is 32.2. The maximum Gasteiger partial charge on any atom is 0.244 e. The zero-order chi connectivity index (χ0) is 14.8. The lowest BCUT2D eigenvalue weighted by Gasteiger charge is -2.15. The van der Waals surface area contributed by atoms with Crippen molar-refractivity contribution in [2.45, 2.75) is 24.8 Å². The van der Waals surface area contributed by atoms with E-state index in [1.54, 1.807) is 6.92 Å². The van der Waals surface area contributed by atoms with Crippen LogP contribution < -0.4 is 4.72 Å². The lowest BCUT2D eigenvalue weighted by molar-refractivity contribution is 0.547. The minimum absolute atomic E-state index is 0.334. The van der Waals surface area contributed by atoms with E-state index < -0.39 is 21.9 Å². The largest absolute Gasteiger partial charge is 0.244 e. The Morgan fingerprint density at radius 3 is 2.45 bits per heavy atom. The van der Waals surface area contributed by atoms with Crippen molar-refractivity contribution in [1.82, 2.24) is 4.72 Å². The molecule has 2 rings (SSSR count). The first-order valence-corrected chi connectivity index (χ1v) is 7.72. The first-order valence-electron chi connectivity index (χ1n) is 6.23. The highest BCUT2D eigenvalue weighted by Gasteiger charge is 2.21. The molecule has 0 spiro atoms. The van der Waals surface area contributed by atoms with Gasteiger partial charge in [0.05, 0.1) is 0 Å². The van der Waals surface area contributed by atoms with E-state index in [2.05, 4.69) is 4.72 Å². The predicted molar refractivity (Wildman–Crippen MR) is 76.3 cm³/mol. The van der Waals surface area contributed by atoms with Crippen LogP contribution in [0.25, 0.3) is 0 Å². The summed E-state index contributed by atoms with van der Waals surface area (Å²) in [5.41, 5.74) is 1.88. The van der Waals surface area contributed by atoms with Crippen molar-refractivity contribution >= 4 is 10.0 Å². The van der Waals surface area contributed by atoms with Gasteiger partial charge in [-0.3, -0.25) is 0 Å². The van der Waals surface area contributed by atoms with Crippen LogP contribution in [0.15, 0.2) is 53.4 Å². The molecule has 3 nitrogen and oxygen atoms in total. The van der Waals surface area contributed by atoms with E-state index in [0.717, 1.165) is 17.2 Å². The van der Waals surface area contributed by atoms with Crippen LogP contribution in [0.4, 0.5) is 4.39 Å². The van der Waals surface area contributed by atoms with E-state index in [4.69, 9.17) is 0 Å². The van der Waals surface area contributed by atoms with Gasteiger partial charge in [-0.05, 0) is 31.5 Å². The van der Waals surface area contributed by atoms with Gasteiger partial charge in [-0.15, -0.1) is 0 Å². The highest BCUT2D eigenvalue weighted by Crippen LogP contribution is 2.19. The topological polar surface area (TPSA) is 46.2 Å². The van der Waals surface area contributed by atoms with E-state index in [0.29, 0.717) is 0 Å². The summed E-state index contributed by atoms with van der Waals surface area (Å²) in [5, 5.41) is 0. The summed E-state index contributed by atoms with van der Waals surface area (Å²) in [7, 11) is -3.88. The minimum atomic E-state index is -3.88. The Morgan fingerprint density at radius 1 is 1.10 bits per heavy atom. The van der Waals surface area contributed by atoms with Crippen LogP contribution in [0.1, 0.15) is 24.1 Å². The van der Waals surface area contributed by atoms with Crippen molar-refractivity contribution in [1.29, 1.82) is 0 Å². The summed E-state index contributed by atoms with van der Waals surface area (Å²) in [6, 6.07) is 12.4. The van der Waals surface area contributed by atoms with Crippen LogP contribution in [0.2, 0.25) is 0 Å². The second-order valence-corrected chi connectivity index (χ2v) is 6.37. The third-order valence-electron chi connectivity index (χ3n) is 3.00. The van der Waals surface area contributed by atoms with Gasteiger partial charge < -0.3 is 0 Å². The summed E-state index contributed by atoms with van der Waals surface area (Å²) >= 11 is 0. The second-order valence-electron chi connectivity index (χ2n) is 4.69. The maximum atomic E-state index is 13.6. The molecule has 20 heavy (non-hydrogen) atoms. The molecule has 0 amide bonds. The van der Waals surface area contributed by atoms with Gasteiger partial charge in [0.15, 0.2) is 0 Å². The van der Waals surface area contributed by atoms with Crippen LogP contribution in [-0.2, 0) is 10.0 Å². The summed E-state index contributed by atoms with van der Waals surface area (Å²) in [5.74, 6) is -0.753. The third-order valence-corrected chi connectivity index (χ3v) is 4.57. The summed E-state index contributed by atoms with van der Waals surface area (Å²) in [4.78, 5) is -0.334. The number of hydrogen-bond donors (Lipinski definition) is 1. The van der Waals surface area contributed by atoms with Crippen molar-refractivity contribution in [3.63, 3.8) is 0 Å². The van der Waals surface area contributed by atoms with E-state index >= 15 is 0 Å². The lowest BCUT2D eigenvalue weighted by atomic mass is 10.1. The molecule has 0 heterocycles. The Kier molecular flexibility index (Phi) is 4.20. The van der Waals surface area contributed by atoms with Crippen molar-refractivity contribution in [2.24, 2.45) is 0 Å². The molecule has 2 aromatic carbocycles. The van der Waals surface area contributed by atoms with Crippen LogP contribution in [0.5, 0.6) is 0 Å². The smallest absolute Gasteiger partial charge is 0.207 e. The Bertz CT molecular complexity index is 713. The number of sulfonamides is 1. The van der Waals surface area contributed by atoms with Crippen molar-refractivity contribution < 1.29 is 12.8 Å². The van der Waals surface area contributed by atoms with E-state index in [-0.39, 0.29) is 4.90 Å². The first kappa shape index (κ1) is 14.7. The zero-order valence-corrected chi connectivity index (χ0v) is 12.1. The molecule has 1 atom stereocenters. The molecule has 2 aromatic rings. The lowest BCUT2D eigenvalue weighted by Crippen LogP contribution is -2.27. The standard InChI is InChI=1S/C15H16FNO2S/c1-11-6-5-7-13(10-11)12(2)17-20(18,19)15-9-4-3-8-14(15)16/h3-10,12,17H,1-2H3/t12-/m0/s1. The van der Waals surface area contributed by atoms with Gasteiger partial charge >= 0.3 is 0 Å². The second kappa shape index (κ2) is 5.73. The molecular weight excluding hydrogens is 277 g/mol. The van der Waals surface area contributed by atoms with Gasteiger partial charge in [0.25, 0.3) is 0 Å². The minimum Gasteiger partial charge on any atom is -0.207 e. The summed E-state index contributed by atoms with van der Waals surface area (Å²) in [6.45, 7) is 3.66. The molecule has 0 unspecified atom stereocenters. The predicted octanol–water partition coefficient (Wildman–Crippen LogP) is 3.17. The zero-order valence-electron chi connectivity index (χ0n) is 11.3. The fraction of sp³-hybridized carbons (Fsp3) is 0.200. The fourth-order valence-electron chi connectivity index (χ4n) is 1.97. The Morgan fingerprint density at radius 2 is 1.80 bits per heavy atom. The number of benzene rings is 2. The molecule has 0 aliphatic rings. The maximum absolute atomic E-state index is 13.6. The quantitative estimate of drug-likeness (QED) is 0.941. The Balaban J connectivity index is 2.27. The Labute approximate surface area is 118 Å². The van der Waals surface area contributed by atoms with Crippen LogP contribution in [0, 0.1) is 12.7 Å². The molecular formula is C15H16FNO2S. The van der Waals surface area contributed by atoms with Gasteiger partial charge in [0.1, 0.15) is 10.7 Å². The molecule has 1 N–H and O–H groups in total. The number of nitrogens with one attached hydrogen (secondary N) is 1. The molecule has 0 aliphatic heterocycles. The molecule has 0 aromatic heterocycles. The van der Waals surface area contributed by atoms with Gasteiger partial charge in [-0.2, -0.15) is 0 Å². The first-order chi connectivity index (χ1) is 9.40. The van der Waals surface area contributed by atoms with Crippen LogP contribution >= 0.6 is 0 Å². The number of hydrogen-bond acceptors (Lipinski definition) is 2. The monoisotopic (exact) mass is 293 g/mol. The fourth-order valence-corrected chi connectivity index (χ4v) is 3.28.